The fourth-order valence-corrected chi connectivity index (χ4v) is 2.45. The molecule has 1 fully saturated rings. The van der Waals surface area contributed by atoms with Crippen LogP contribution in [0.5, 0.6) is 0 Å². The van der Waals surface area contributed by atoms with Gasteiger partial charge in [-0.1, -0.05) is 0 Å². The van der Waals surface area contributed by atoms with E-state index in [0.717, 1.165) is 24.4 Å². The smallest absolute Gasteiger partial charge is 0.166 e. The molecule has 0 aliphatic heterocycles. The molecule has 17 heavy (non-hydrogen) atoms. The van der Waals surface area contributed by atoms with Crippen LogP contribution in [0.25, 0.3) is 0 Å². The van der Waals surface area contributed by atoms with E-state index in [1.807, 2.05) is 0 Å². The number of aromatic nitrogens is 2. The third kappa shape index (κ3) is 1.97. The van der Waals surface area contributed by atoms with Crippen LogP contribution >= 0.6 is 0 Å². The standard InChI is InChI=1S/C13H16N2O2/c1-17-12(8-5-6-8)13-14-7-9-10(15-13)3-2-4-11(9)16/h7-8,12H,2-6H2,1H3. The van der Waals surface area contributed by atoms with Gasteiger partial charge in [0.05, 0.1) is 11.3 Å². The van der Waals surface area contributed by atoms with Gasteiger partial charge in [0.2, 0.25) is 0 Å². The number of hydrogen-bond donors (Lipinski definition) is 0. The Morgan fingerprint density at radius 3 is 2.94 bits per heavy atom. The molecule has 0 saturated heterocycles. The highest BCUT2D eigenvalue weighted by Crippen LogP contribution is 2.42. The second-order valence-corrected chi connectivity index (χ2v) is 4.86. The van der Waals surface area contributed by atoms with Crippen molar-refractivity contribution in [1.29, 1.82) is 0 Å². The van der Waals surface area contributed by atoms with Crippen molar-refractivity contribution < 1.29 is 9.53 Å². The van der Waals surface area contributed by atoms with E-state index in [-0.39, 0.29) is 11.9 Å². The van der Waals surface area contributed by atoms with Crippen LogP contribution in [-0.2, 0) is 11.2 Å². The van der Waals surface area contributed by atoms with Crippen LogP contribution in [0.15, 0.2) is 6.20 Å². The lowest BCUT2D eigenvalue weighted by Gasteiger charge is -2.17. The number of hydrogen-bond acceptors (Lipinski definition) is 4. The summed E-state index contributed by atoms with van der Waals surface area (Å²) in [7, 11) is 1.71. The van der Waals surface area contributed by atoms with Crippen molar-refractivity contribution in [2.24, 2.45) is 5.92 Å². The van der Waals surface area contributed by atoms with Crippen molar-refractivity contribution in [1.82, 2.24) is 9.97 Å². The summed E-state index contributed by atoms with van der Waals surface area (Å²) in [6.07, 6.45) is 6.51. The van der Waals surface area contributed by atoms with E-state index in [9.17, 15) is 4.79 Å². The quantitative estimate of drug-likeness (QED) is 0.800. The van der Waals surface area contributed by atoms with Gasteiger partial charge in [0.15, 0.2) is 11.6 Å². The molecule has 2 aliphatic rings. The van der Waals surface area contributed by atoms with Crippen LogP contribution in [0.3, 0.4) is 0 Å². The van der Waals surface area contributed by atoms with Crippen molar-refractivity contribution in [3.63, 3.8) is 0 Å². The van der Waals surface area contributed by atoms with Crippen LogP contribution in [0, 0.1) is 5.92 Å². The fraction of sp³-hybridized carbons (Fsp3) is 0.615. The SMILES string of the molecule is COC(c1ncc2c(n1)CCCC2=O)C1CC1. The molecular weight excluding hydrogens is 216 g/mol. The summed E-state index contributed by atoms with van der Waals surface area (Å²) < 4.78 is 5.47. The minimum atomic E-state index is 0.0114. The topological polar surface area (TPSA) is 52.1 Å². The number of nitrogens with zero attached hydrogens (tertiary/aromatic N) is 2. The molecule has 1 saturated carbocycles. The molecule has 2 aliphatic carbocycles. The molecule has 1 heterocycles. The van der Waals surface area contributed by atoms with Gasteiger partial charge in [0.1, 0.15) is 6.10 Å². The van der Waals surface area contributed by atoms with Crippen LogP contribution in [0.2, 0.25) is 0 Å². The number of fused-ring (bicyclic) bond motifs is 1. The Labute approximate surface area is 100 Å². The Bertz CT molecular complexity index is 455. The van der Waals surface area contributed by atoms with E-state index in [0.29, 0.717) is 17.9 Å². The second kappa shape index (κ2) is 4.18. The number of carbonyl (C=O) groups is 1. The van der Waals surface area contributed by atoms with Crippen molar-refractivity contribution in [2.75, 3.05) is 7.11 Å². The maximum atomic E-state index is 11.7. The highest BCUT2D eigenvalue weighted by Gasteiger charge is 2.35. The number of ketones is 1. The van der Waals surface area contributed by atoms with Gasteiger partial charge >= 0.3 is 0 Å². The molecule has 1 aromatic rings. The lowest BCUT2D eigenvalue weighted by atomic mass is 9.96. The van der Waals surface area contributed by atoms with Crippen LogP contribution < -0.4 is 0 Å². The number of ether oxygens (including phenoxy) is 1. The third-order valence-corrected chi connectivity index (χ3v) is 3.56. The largest absolute Gasteiger partial charge is 0.373 e. The van der Waals surface area contributed by atoms with Crippen molar-refractivity contribution in [2.45, 2.75) is 38.2 Å². The lowest BCUT2D eigenvalue weighted by Crippen LogP contribution is -2.17. The first-order valence-electron chi connectivity index (χ1n) is 6.21. The second-order valence-electron chi connectivity index (χ2n) is 4.86. The van der Waals surface area contributed by atoms with E-state index in [1.54, 1.807) is 13.3 Å². The summed E-state index contributed by atoms with van der Waals surface area (Å²) >= 11 is 0. The van der Waals surface area contributed by atoms with Crippen LogP contribution in [0.4, 0.5) is 0 Å². The van der Waals surface area contributed by atoms with Gasteiger partial charge in [-0.2, -0.15) is 0 Å². The summed E-state index contributed by atoms with van der Waals surface area (Å²) in [4.78, 5) is 20.5. The Morgan fingerprint density at radius 1 is 1.41 bits per heavy atom. The summed E-state index contributed by atoms with van der Waals surface area (Å²) in [5, 5.41) is 0. The molecule has 1 aromatic heterocycles. The molecule has 1 atom stereocenters. The number of methoxy groups -OCH3 is 1. The minimum Gasteiger partial charge on any atom is -0.373 e. The molecule has 0 N–H and O–H groups in total. The van der Waals surface area contributed by atoms with E-state index in [2.05, 4.69) is 9.97 Å². The summed E-state index contributed by atoms with van der Waals surface area (Å²) in [5.74, 6) is 1.50. The van der Waals surface area contributed by atoms with E-state index in [4.69, 9.17) is 4.74 Å². The molecule has 0 bridgehead atoms. The van der Waals surface area contributed by atoms with E-state index in [1.165, 1.54) is 12.8 Å². The zero-order chi connectivity index (χ0) is 11.8. The Morgan fingerprint density at radius 2 is 2.24 bits per heavy atom. The zero-order valence-corrected chi connectivity index (χ0v) is 9.98. The molecule has 4 heteroatoms. The van der Waals surface area contributed by atoms with Crippen molar-refractivity contribution in [3.05, 3.63) is 23.3 Å². The normalized spacial score (nSPS) is 21.1. The predicted octanol–water partition coefficient (Wildman–Crippen LogP) is 2.09. The third-order valence-electron chi connectivity index (χ3n) is 3.56. The monoisotopic (exact) mass is 232 g/mol. The average molecular weight is 232 g/mol. The Kier molecular flexibility index (Phi) is 2.67. The van der Waals surface area contributed by atoms with E-state index >= 15 is 0 Å². The molecular formula is C13H16N2O2. The Hall–Kier alpha value is -1.29. The van der Waals surface area contributed by atoms with Gasteiger partial charge in [0.25, 0.3) is 0 Å². The maximum absolute atomic E-state index is 11.7. The average Bonchev–Trinajstić information content (AvgIpc) is 3.15. The summed E-state index contributed by atoms with van der Waals surface area (Å²) in [6.45, 7) is 0. The molecule has 0 aromatic carbocycles. The first-order valence-corrected chi connectivity index (χ1v) is 6.21. The summed E-state index contributed by atoms with van der Waals surface area (Å²) in [5.41, 5.74) is 1.62. The van der Waals surface area contributed by atoms with Crippen LogP contribution in [-0.4, -0.2) is 22.9 Å². The molecule has 0 radical (unpaired) electrons. The van der Waals surface area contributed by atoms with Crippen molar-refractivity contribution in [3.8, 4) is 0 Å². The fourth-order valence-electron chi connectivity index (χ4n) is 2.45. The zero-order valence-electron chi connectivity index (χ0n) is 9.98. The number of rotatable bonds is 3. The van der Waals surface area contributed by atoms with Gasteiger partial charge in [-0.3, -0.25) is 4.79 Å². The van der Waals surface area contributed by atoms with Crippen LogP contribution in [0.1, 0.15) is 53.7 Å². The lowest BCUT2D eigenvalue weighted by molar-refractivity contribution is 0.0767. The minimum absolute atomic E-state index is 0.0114. The molecule has 90 valence electrons. The number of carbonyl (C=O) groups excluding carboxylic acids is 1. The van der Waals surface area contributed by atoms with Gasteiger partial charge in [-0.25, -0.2) is 9.97 Å². The molecule has 3 rings (SSSR count). The predicted molar refractivity (Wildman–Crippen MR) is 61.8 cm³/mol. The highest BCUT2D eigenvalue weighted by molar-refractivity contribution is 5.97. The van der Waals surface area contributed by atoms with Crippen molar-refractivity contribution >= 4 is 5.78 Å². The van der Waals surface area contributed by atoms with Gasteiger partial charge in [-0.15, -0.1) is 0 Å². The Balaban J connectivity index is 1.94. The van der Waals surface area contributed by atoms with E-state index < -0.39 is 0 Å². The molecule has 1 unspecified atom stereocenters. The first-order chi connectivity index (χ1) is 8.29. The molecule has 0 amide bonds. The highest BCUT2D eigenvalue weighted by atomic mass is 16.5. The molecule has 0 spiro atoms. The maximum Gasteiger partial charge on any atom is 0.166 e. The first kappa shape index (κ1) is 10.8. The van der Waals surface area contributed by atoms with Gasteiger partial charge < -0.3 is 4.74 Å². The van der Waals surface area contributed by atoms with Gasteiger partial charge in [0, 0.05) is 19.7 Å². The number of Topliss-reactive ketones (excluding diaryl/α,β-unsaturated/α-hetero) is 1. The van der Waals surface area contributed by atoms with Gasteiger partial charge in [-0.05, 0) is 31.6 Å². The number of aryl methyl sites for hydroxylation is 1. The molecule has 4 nitrogen and oxygen atoms in total. The summed E-state index contributed by atoms with van der Waals surface area (Å²) in [6, 6.07) is 0.